The van der Waals surface area contributed by atoms with E-state index in [1.807, 2.05) is 56.3 Å². The number of allylic oxidation sites excluding steroid dienone is 1. The van der Waals surface area contributed by atoms with Crippen molar-refractivity contribution in [3.63, 3.8) is 0 Å². The summed E-state index contributed by atoms with van der Waals surface area (Å²) < 4.78 is 0. The smallest absolute Gasteiger partial charge is 0.232 e. The molecule has 0 bridgehead atoms. The summed E-state index contributed by atoms with van der Waals surface area (Å²) in [7, 11) is 0. The van der Waals surface area contributed by atoms with E-state index in [4.69, 9.17) is 0 Å². The molecule has 0 spiro atoms. The second-order valence-corrected chi connectivity index (χ2v) is 5.72. The van der Waals surface area contributed by atoms with Gasteiger partial charge in [0.15, 0.2) is 0 Å². The Morgan fingerprint density at radius 1 is 0.800 bits per heavy atom. The van der Waals surface area contributed by atoms with Crippen molar-refractivity contribution < 1.29 is 0 Å². The molecule has 0 amide bonds. The summed E-state index contributed by atoms with van der Waals surface area (Å²) >= 11 is 0. The molecule has 5 heteroatoms. The van der Waals surface area contributed by atoms with Crippen molar-refractivity contribution in [1.29, 1.82) is 0 Å². The highest BCUT2D eigenvalue weighted by Gasteiger charge is 2.06. The zero-order valence-electron chi connectivity index (χ0n) is 14.6. The van der Waals surface area contributed by atoms with Crippen molar-refractivity contribution in [3.05, 3.63) is 71.6 Å². The topological polar surface area (TPSA) is 62.7 Å². The van der Waals surface area contributed by atoms with Gasteiger partial charge in [0.2, 0.25) is 11.9 Å². The second-order valence-electron chi connectivity index (χ2n) is 5.72. The molecule has 0 aliphatic carbocycles. The lowest BCUT2D eigenvalue weighted by molar-refractivity contribution is 0.989. The van der Waals surface area contributed by atoms with Gasteiger partial charge >= 0.3 is 0 Å². The molecular formula is C20H21N5. The van der Waals surface area contributed by atoms with Crippen molar-refractivity contribution in [1.82, 2.24) is 15.0 Å². The molecule has 3 aromatic rings. The SMILES string of the molecule is C/C=C/c1ccc(Nc2nc(C)nc(Nc3ccccc3)n2)cc1C. The van der Waals surface area contributed by atoms with Crippen LogP contribution in [0.15, 0.2) is 54.6 Å². The van der Waals surface area contributed by atoms with E-state index in [0.717, 1.165) is 11.4 Å². The summed E-state index contributed by atoms with van der Waals surface area (Å²) in [5.41, 5.74) is 4.27. The van der Waals surface area contributed by atoms with Gasteiger partial charge in [0.25, 0.3) is 0 Å². The fourth-order valence-electron chi connectivity index (χ4n) is 2.49. The number of benzene rings is 2. The predicted octanol–water partition coefficient (Wildman–Crippen LogP) is 5.01. The van der Waals surface area contributed by atoms with Crippen LogP contribution in [-0.2, 0) is 0 Å². The Hall–Kier alpha value is -3.21. The van der Waals surface area contributed by atoms with Crippen molar-refractivity contribution >= 4 is 29.3 Å². The summed E-state index contributed by atoms with van der Waals surface area (Å²) in [6, 6.07) is 16.0. The van der Waals surface area contributed by atoms with Crippen molar-refractivity contribution in [2.45, 2.75) is 20.8 Å². The number of para-hydroxylation sites is 1. The van der Waals surface area contributed by atoms with Gasteiger partial charge in [0.05, 0.1) is 0 Å². The van der Waals surface area contributed by atoms with E-state index in [0.29, 0.717) is 17.7 Å². The molecule has 0 saturated heterocycles. The molecule has 0 unspecified atom stereocenters. The highest BCUT2D eigenvalue weighted by atomic mass is 15.2. The molecule has 126 valence electrons. The van der Waals surface area contributed by atoms with E-state index in [9.17, 15) is 0 Å². The minimum absolute atomic E-state index is 0.517. The third kappa shape index (κ3) is 4.41. The zero-order valence-corrected chi connectivity index (χ0v) is 14.6. The summed E-state index contributed by atoms with van der Waals surface area (Å²) in [6.45, 7) is 5.95. The first-order chi connectivity index (χ1) is 12.1. The van der Waals surface area contributed by atoms with Crippen molar-refractivity contribution in [3.8, 4) is 0 Å². The van der Waals surface area contributed by atoms with Gasteiger partial charge in [-0.2, -0.15) is 15.0 Å². The lowest BCUT2D eigenvalue weighted by atomic mass is 10.1. The Balaban J connectivity index is 1.82. The van der Waals surface area contributed by atoms with E-state index in [-0.39, 0.29) is 0 Å². The number of hydrogen-bond acceptors (Lipinski definition) is 5. The van der Waals surface area contributed by atoms with Gasteiger partial charge in [-0.05, 0) is 56.2 Å². The van der Waals surface area contributed by atoms with Crippen LogP contribution in [0.25, 0.3) is 6.08 Å². The van der Waals surface area contributed by atoms with Crippen LogP contribution >= 0.6 is 0 Å². The molecule has 0 atom stereocenters. The lowest BCUT2D eigenvalue weighted by Crippen LogP contribution is -2.05. The van der Waals surface area contributed by atoms with E-state index in [1.165, 1.54) is 11.1 Å². The first kappa shape index (κ1) is 16.6. The number of hydrogen-bond donors (Lipinski definition) is 2. The van der Waals surface area contributed by atoms with Gasteiger partial charge in [-0.3, -0.25) is 0 Å². The minimum atomic E-state index is 0.517. The summed E-state index contributed by atoms with van der Waals surface area (Å²) in [4.78, 5) is 13.2. The van der Waals surface area contributed by atoms with Crippen LogP contribution in [0.2, 0.25) is 0 Å². The van der Waals surface area contributed by atoms with Gasteiger partial charge in [0.1, 0.15) is 5.82 Å². The fourth-order valence-corrected chi connectivity index (χ4v) is 2.49. The number of rotatable bonds is 5. The Morgan fingerprint density at radius 3 is 2.12 bits per heavy atom. The summed E-state index contributed by atoms with van der Waals surface area (Å²) in [5.74, 6) is 1.69. The first-order valence-electron chi connectivity index (χ1n) is 8.19. The molecule has 1 heterocycles. The van der Waals surface area contributed by atoms with Crippen molar-refractivity contribution in [2.75, 3.05) is 10.6 Å². The maximum Gasteiger partial charge on any atom is 0.232 e. The molecule has 5 nitrogen and oxygen atoms in total. The maximum absolute atomic E-state index is 4.45. The minimum Gasteiger partial charge on any atom is -0.324 e. The normalized spacial score (nSPS) is 10.8. The van der Waals surface area contributed by atoms with Crippen LogP contribution in [0, 0.1) is 13.8 Å². The number of aromatic nitrogens is 3. The van der Waals surface area contributed by atoms with Crippen LogP contribution < -0.4 is 10.6 Å². The summed E-state index contributed by atoms with van der Waals surface area (Å²) in [5, 5.41) is 6.45. The third-order valence-electron chi connectivity index (χ3n) is 3.65. The Labute approximate surface area is 147 Å². The van der Waals surface area contributed by atoms with Crippen LogP contribution in [0.5, 0.6) is 0 Å². The van der Waals surface area contributed by atoms with Crippen LogP contribution in [0.4, 0.5) is 23.3 Å². The molecule has 2 aromatic carbocycles. The molecule has 0 aliphatic heterocycles. The highest BCUT2D eigenvalue weighted by molar-refractivity contribution is 5.62. The van der Waals surface area contributed by atoms with Crippen LogP contribution in [-0.4, -0.2) is 15.0 Å². The van der Waals surface area contributed by atoms with Gasteiger partial charge in [-0.1, -0.05) is 36.4 Å². The first-order valence-corrected chi connectivity index (χ1v) is 8.19. The van der Waals surface area contributed by atoms with Crippen LogP contribution in [0.3, 0.4) is 0 Å². The quantitative estimate of drug-likeness (QED) is 0.688. The molecule has 25 heavy (non-hydrogen) atoms. The van der Waals surface area contributed by atoms with E-state index < -0.39 is 0 Å². The predicted molar refractivity (Wildman–Crippen MR) is 103 cm³/mol. The molecule has 0 fully saturated rings. The second kappa shape index (κ2) is 7.57. The van der Waals surface area contributed by atoms with Gasteiger partial charge < -0.3 is 10.6 Å². The number of nitrogens with one attached hydrogen (secondary N) is 2. The van der Waals surface area contributed by atoms with Crippen LogP contribution in [0.1, 0.15) is 23.9 Å². The lowest BCUT2D eigenvalue weighted by Gasteiger charge is -2.10. The molecule has 0 saturated carbocycles. The summed E-state index contributed by atoms with van der Waals surface area (Å²) in [6.07, 6.45) is 4.13. The molecule has 1 aromatic heterocycles. The van der Waals surface area contributed by atoms with Gasteiger partial charge in [-0.15, -0.1) is 0 Å². The molecule has 3 rings (SSSR count). The Morgan fingerprint density at radius 2 is 1.48 bits per heavy atom. The number of aryl methyl sites for hydroxylation is 2. The molecule has 0 radical (unpaired) electrons. The van der Waals surface area contributed by atoms with Gasteiger partial charge in [0, 0.05) is 11.4 Å². The third-order valence-corrected chi connectivity index (χ3v) is 3.65. The number of anilines is 4. The molecule has 2 N–H and O–H groups in total. The number of nitrogens with zero attached hydrogens (tertiary/aromatic N) is 3. The molecule has 0 aliphatic rings. The van der Waals surface area contributed by atoms with E-state index in [2.05, 4.69) is 50.7 Å². The average molecular weight is 331 g/mol. The zero-order chi connectivity index (χ0) is 17.6. The maximum atomic E-state index is 4.45. The highest BCUT2D eigenvalue weighted by Crippen LogP contribution is 2.20. The Kier molecular flexibility index (Phi) is 5.04. The Bertz CT molecular complexity index is 888. The van der Waals surface area contributed by atoms with E-state index in [1.54, 1.807) is 0 Å². The largest absolute Gasteiger partial charge is 0.324 e. The fraction of sp³-hybridized carbons (Fsp3) is 0.150. The monoisotopic (exact) mass is 331 g/mol. The van der Waals surface area contributed by atoms with E-state index >= 15 is 0 Å². The van der Waals surface area contributed by atoms with Crippen molar-refractivity contribution in [2.24, 2.45) is 0 Å². The molecular weight excluding hydrogens is 310 g/mol. The standard InChI is InChI=1S/C20H21N5/c1-4-8-16-11-12-18(13-14(16)2)24-20-22-15(3)21-19(25-20)23-17-9-6-5-7-10-17/h4-13H,1-3H3,(H2,21,22,23,24,25)/b8-4+. The van der Waals surface area contributed by atoms with Gasteiger partial charge in [-0.25, -0.2) is 0 Å². The average Bonchev–Trinajstić information content (AvgIpc) is 2.58.